The van der Waals surface area contributed by atoms with Crippen molar-refractivity contribution in [2.45, 2.75) is 32.5 Å². The van der Waals surface area contributed by atoms with Crippen LogP contribution in [0.2, 0.25) is 19.6 Å². The second kappa shape index (κ2) is 7.85. The van der Waals surface area contributed by atoms with Crippen LogP contribution in [0.5, 0.6) is 11.5 Å². The van der Waals surface area contributed by atoms with E-state index in [1.165, 1.54) is 0 Å². The fourth-order valence-electron chi connectivity index (χ4n) is 1.98. The zero-order valence-electron chi connectivity index (χ0n) is 13.9. The Labute approximate surface area is 150 Å². The van der Waals surface area contributed by atoms with E-state index in [0.717, 1.165) is 5.33 Å². The summed E-state index contributed by atoms with van der Waals surface area (Å²) in [5, 5.41) is 13.9. The van der Waals surface area contributed by atoms with Crippen LogP contribution in [0, 0.1) is 0 Å². The number of anilines is 1. The van der Waals surface area contributed by atoms with Crippen molar-refractivity contribution in [3.8, 4) is 23.0 Å². The maximum atomic E-state index is 12.0. The zero-order valence-corrected chi connectivity index (χ0v) is 16.5. The number of hydrogen-bond donors (Lipinski definition) is 2. The molecule has 24 heavy (non-hydrogen) atoms. The number of alkyl halides is 1. The minimum absolute atomic E-state index is 0.121. The predicted molar refractivity (Wildman–Crippen MR) is 99.2 cm³/mol. The van der Waals surface area contributed by atoms with E-state index < -0.39 is 8.32 Å². The van der Waals surface area contributed by atoms with Gasteiger partial charge in [0.05, 0.1) is 0 Å². The lowest BCUT2D eigenvalue weighted by molar-refractivity contribution is -0.116. The van der Waals surface area contributed by atoms with Crippen LogP contribution in [0.4, 0.5) is 5.88 Å². The van der Waals surface area contributed by atoms with E-state index in [1.54, 1.807) is 24.4 Å². The van der Waals surface area contributed by atoms with E-state index >= 15 is 0 Å². The maximum Gasteiger partial charge on any atom is 0.245 e. The first-order chi connectivity index (χ1) is 11.3. The number of amides is 1. The third kappa shape index (κ3) is 4.84. The Balaban J connectivity index is 2.38. The van der Waals surface area contributed by atoms with Gasteiger partial charge >= 0.3 is 0 Å². The number of furan rings is 1. The molecule has 130 valence electrons. The molecule has 0 fully saturated rings. The number of aromatic hydroxyl groups is 1. The molecule has 0 bridgehead atoms. The van der Waals surface area contributed by atoms with Gasteiger partial charge in [-0.3, -0.25) is 15.1 Å². The molecule has 1 amide bonds. The summed E-state index contributed by atoms with van der Waals surface area (Å²) in [5.74, 6) is 0.125. The van der Waals surface area contributed by atoms with Crippen LogP contribution < -0.4 is 9.74 Å². The van der Waals surface area contributed by atoms with Crippen molar-refractivity contribution in [1.29, 1.82) is 0 Å². The number of halogens is 1. The number of rotatable bonds is 7. The second-order valence-electron chi connectivity index (χ2n) is 6.21. The highest BCUT2D eigenvalue weighted by Crippen LogP contribution is 2.46. The topological polar surface area (TPSA) is 84.6 Å². The van der Waals surface area contributed by atoms with Crippen LogP contribution in [0.25, 0.3) is 11.5 Å². The van der Waals surface area contributed by atoms with Gasteiger partial charge < -0.3 is 13.9 Å². The molecule has 0 aliphatic heterocycles. The maximum absolute atomic E-state index is 12.0. The summed E-state index contributed by atoms with van der Waals surface area (Å²) in [5.41, 5.74) is 0.469. The molecule has 0 aliphatic carbocycles. The Morgan fingerprint density at radius 2 is 2.17 bits per heavy atom. The van der Waals surface area contributed by atoms with Crippen LogP contribution in [0.1, 0.15) is 12.8 Å². The van der Waals surface area contributed by atoms with Crippen molar-refractivity contribution < 1.29 is 18.7 Å². The van der Waals surface area contributed by atoms with Gasteiger partial charge in [0, 0.05) is 17.9 Å². The van der Waals surface area contributed by atoms with Crippen molar-refractivity contribution in [2.24, 2.45) is 0 Å². The lowest BCUT2D eigenvalue weighted by Crippen LogP contribution is -2.29. The molecule has 2 aromatic heterocycles. The Bertz CT molecular complexity index is 698. The third-order valence-electron chi connectivity index (χ3n) is 2.94. The highest BCUT2D eigenvalue weighted by Gasteiger charge is 2.29. The van der Waals surface area contributed by atoms with E-state index in [0.29, 0.717) is 18.5 Å². The molecule has 0 aromatic carbocycles. The van der Waals surface area contributed by atoms with E-state index in [-0.39, 0.29) is 29.1 Å². The summed E-state index contributed by atoms with van der Waals surface area (Å²) in [4.78, 5) is 16.2. The molecule has 0 aliphatic rings. The van der Waals surface area contributed by atoms with Gasteiger partial charge in [-0.25, -0.2) is 0 Å². The van der Waals surface area contributed by atoms with Crippen LogP contribution in [0.3, 0.4) is 0 Å². The summed E-state index contributed by atoms with van der Waals surface area (Å²) in [6.45, 7) is 5.95. The molecule has 2 aromatic rings. The molecule has 2 N–H and O–H groups in total. The molecule has 0 atom stereocenters. The number of nitrogens with one attached hydrogen (secondary N) is 1. The summed E-state index contributed by atoms with van der Waals surface area (Å²) in [6.07, 6.45) is 2.65. The van der Waals surface area contributed by atoms with Crippen molar-refractivity contribution >= 4 is 36.0 Å². The normalized spacial score (nSPS) is 11.3. The smallest absolute Gasteiger partial charge is 0.245 e. The van der Waals surface area contributed by atoms with Crippen LogP contribution in [-0.4, -0.2) is 29.6 Å². The molecule has 0 unspecified atom stereocenters. The molecular formula is C16H21BrN2O4Si. The quantitative estimate of drug-likeness (QED) is 0.520. The number of aromatic nitrogens is 1. The number of carbonyl (C=O) groups is 1. The minimum Gasteiger partial charge on any atom is -0.538 e. The van der Waals surface area contributed by atoms with Crippen LogP contribution in [-0.2, 0) is 4.79 Å². The van der Waals surface area contributed by atoms with E-state index in [2.05, 4.69) is 26.2 Å². The van der Waals surface area contributed by atoms with Gasteiger partial charge in [0.15, 0.2) is 0 Å². The molecule has 0 saturated heterocycles. The van der Waals surface area contributed by atoms with Gasteiger partial charge in [-0.2, -0.15) is 0 Å². The number of pyridine rings is 1. The molecule has 0 spiro atoms. The van der Waals surface area contributed by atoms with Crippen molar-refractivity contribution in [2.75, 3.05) is 10.6 Å². The number of nitrogens with zero attached hydrogens (tertiary/aromatic N) is 1. The van der Waals surface area contributed by atoms with Gasteiger partial charge in [-0.1, -0.05) is 22.0 Å². The van der Waals surface area contributed by atoms with Crippen molar-refractivity contribution in [3.05, 3.63) is 24.4 Å². The highest BCUT2D eigenvalue weighted by atomic mass is 79.9. The summed E-state index contributed by atoms with van der Waals surface area (Å²) in [6, 6.07) is 5.27. The number of hydrogen-bond acceptors (Lipinski definition) is 5. The molecule has 8 heteroatoms. The molecular weight excluding hydrogens is 392 g/mol. The highest BCUT2D eigenvalue weighted by molar-refractivity contribution is 9.09. The lowest BCUT2D eigenvalue weighted by Gasteiger charge is -2.18. The fourth-order valence-corrected chi connectivity index (χ4v) is 3.06. The van der Waals surface area contributed by atoms with Gasteiger partial charge in [-0.05, 0) is 38.2 Å². The Morgan fingerprint density at radius 3 is 2.75 bits per heavy atom. The second-order valence-corrected chi connectivity index (χ2v) is 11.4. The summed E-state index contributed by atoms with van der Waals surface area (Å²) < 4.78 is 11.6. The van der Waals surface area contributed by atoms with Crippen LogP contribution in [0.15, 0.2) is 28.8 Å². The fraction of sp³-hybridized carbons (Fsp3) is 0.375. The first kappa shape index (κ1) is 18.5. The zero-order chi connectivity index (χ0) is 17.7. The van der Waals surface area contributed by atoms with Crippen molar-refractivity contribution in [1.82, 2.24) is 4.98 Å². The molecule has 0 radical (unpaired) electrons. The van der Waals surface area contributed by atoms with E-state index in [4.69, 9.17) is 8.84 Å². The molecule has 2 heterocycles. The summed E-state index contributed by atoms with van der Waals surface area (Å²) in [7, 11) is -2.02. The third-order valence-corrected chi connectivity index (χ3v) is 4.31. The Morgan fingerprint density at radius 1 is 1.42 bits per heavy atom. The van der Waals surface area contributed by atoms with E-state index in [1.807, 2.05) is 19.6 Å². The number of carbonyl (C=O) groups excluding carboxylic acids is 1. The van der Waals surface area contributed by atoms with Crippen LogP contribution >= 0.6 is 15.9 Å². The summed E-state index contributed by atoms with van der Waals surface area (Å²) >= 11 is 3.29. The SMILES string of the molecule is C[Si](C)(C)Oc1c(NC(=O)CCCBr)oc(-c2ccccn2)c1O. The average molecular weight is 413 g/mol. The van der Waals surface area contributed by atoms with Crippen molar-refractivity contribution in [3.63, 3.8) is 0 Å². The first-order valence-electron chi connectivity index (χ1n) is 7.64. The average Bonchev–Trinajstić information content (AvgIpc) is 2.81. The lowest BCUT2D eigenvalue weighted by atomic mass is 10.2. The minimum atomic E-state index is -2.02. The van der Waals surface area contributed by atoms with Gasteiger partial charge in [0.2, 0.25) is 37.4 Å². The first-order valence-corrected chi connectivity index (χ1v) is 12.2. The Hall–Kier alpha value is -1.80. The van der Waals surface area contributed by atoms with Gasteiger partial charge in [0.1, 0.15) is 5.69 Å². The largest absolute Gasteiger partial charge is 0.538 e. The Kier molecular flexibility index (Phi) is 6.06. The molecule has 2 rings (SSSR count). The standard InChI is InChI=1S/C16H21BrN2O4Si/c1-24(2,3)23-15-13(21)14(11-7-4-5-10-18-11)22-16(15)19-12(20)8-6-9-17/h4-5,7,10,21H,6,8-9H2,1-3H3,(H,19,20). The van der Waals surface area contributed by atoms with Gasteiger partial charge in [-0.15, -0.1) is 0 Å². The van der Waals surface area contributed by atoms with Gasteiger partial charge in [0.25, 0.3) is 0 Å². The predicted octanol–water partition coefficient (Wildman–Crippen LogP) is 4.37. The monoisotopic (exact) mass is 412 g/mol. The molecule has 6 nitrogen and oxygen atoms in total. The van der Waals surface area contributed by atoms with E-state index in [9.17, 15) is 9.90 Å². The molecule has 0 saturated carbocycles.